The number of hydrogen-bond acceptors (Lipinski definition) is 8. The topological polar surface area (TPSA) is 135 Å². The van der Waals surface area contributed by atoms with Crippen molar-refractivity contribution >= 4 is 28.5 Å². The van der Waals surface area contributed by atoms with E-state index in [-0.39, 0.29) is 33.8 Å². The molecule has 5 rings (SSSR count). The SMILES string of the molecule is CC(=O)Nc1ccc(OC(=O)c2ccccc2O)cc1.CC1=CCc2c(cc3oc(C)cc(=O)c3c2O)OC1. The maximum atomic E-state index is 12.0. The lowest BCUT2D eigenvalue weighted by Crippen LogP contribution is -2.09. The second kappa shape index (κ2) is 11.6. The minimum Gasteiger partial charge on any atom is -0.507 e. The van der Waals surface area contributed by atoms with Crippen molar-refractivity contribution in [3.05, 3.63) is 99.4 Å². The monoisotopic (exact) mass is 529 g/mol. The van der Waals surface area contributed by atoms with Gasteiger partial charge in [-0.05, 0) is 62.2 Å². The molecule has 0 saturated heterocycles. The highest BCUT2D eigenvalue weighted by Crippen LogP contribution is 2.37. The van der Waals surface area contributed by atoms with E-state index in [9.17, 15) is 24.6 Å². The van der Waals surface area contributed by atoms with Crippen LogP contribution < -0.4 is 20.2 Å². The first-order chi connectivity index (χ1) is 18.6. The predicted octanol–water partition coefficient (Wildman–Crippen LogP) is 5.26. The summed E-state index contributed by atoms with van der Waals surface area (Å²) < 4.78 is 16.3. The maximum Gasteiger partial charge on any atom is 0.347 e. The van der Waals surface area contributed by atoms with E-state index in [4.69, 9.17) is 13.9 Å². The van der Waals surface area contributed by atoms with Crippen molar-refractivity contribution in [3.8, 4) is 23.0 Å². The molecule has 3 aromatic carbocycles. The van der Waals surface area contributed by atoms with E-state index >= 15 is 0 Å². The summed E-state index contributed by atoms with van der Waals surface area (Å²) in [7, 11) is 0. The molecule has 0 fully saturated rings. The van der Waals surface area contributed by atoms with Crippen molar-refractivity contribution in [2.24, 2.45) is 0 Å². The molecule has 0 bridgehead atoms. The number of rotatable bonds is 3. The van der Waals surface area contributed by atoms with Gasteiger partial charge in [-0.1, -0.05) is 18.2 Å². The normalized spacial score (nSPS) is 12.1. The lowest BCUT2D eigenvalue weighted by atomic mass is 10.0. The molecule has 4 aromatic rings. The standard InChI is InChI=1S/C15H13NO4.C15H14O4/c1-10(17)16-11-6-8-12(9-7-11)20-15(19)13-4-2-3-5-14(13)18;1-8-3-4-10-12(18-7-8)6-13-14(15(10)17)11(16)5-9(2)19-13/h2-9,18H,1H3,(H,16,17);3,5-6,17H,4,7H2,1-2H3. The molecule has 1 aromatic heterocycles. The Hall–Kier alpha value is -5.05. The minimum absolute atomic E-state index is 0.0350. The van der Waals surface area contributed by atoms with Gasteiger partial charge in [-0.25, -0.2) is 4.79 Å². The van der Waals surface area contributed by atoms with E-state index in [1.807, 2.05) is 13.0 Å². The number of phenolic OH excluding ortho intramolecular Hbond substituents is 2. The third kappa shape index (κ3) is 6.45. The molecule has 39 heavy (non-hydrogen) atoms. The molecule has 0 spiro atoms. The molecule has 200 valence electrons. The molecule has 0 radical (unpaired) electrons. The fourth-order valence-corrected chi connectivity index (χ4v) is 3.91. The Balaban J connectivity index is 0.000000181. The molecule has 0 saturated carbocycles. The van der Waals surface area contributed by atoms with Crippen LogP contribution in [0.1, 0.15) is 35.5 Å². The zero-order valence-electron chi connectivity index (χ0n) is 21.6. The maximum absolute atomic E-state index is 12.0. The number of fused-ring (bicyclic) bond motifs is 2. The van der Waals surface area contributed by atoms with Gasteiger partial charge in [0.25, 0.3) is 0 Å². The molecular weight excluding hydrogens is 502 g/mol. The number of phenols is 2. The second-order valence-corrected chi connectivity index (χ2v) is 8.95. The number of aryl methyl sites for hydroxylation is 1. The molecule has 9 heteroatoms. The summed E-state index contributed by atoms with van der Waals surface area (Å²) in [5.74, 6) is 0.429. The number of esters is 1. The summed E-state index contributed by atoms with van der Waals surface area (Å²) >= 11 is 0. The number of amides is 1. The molecule has 1 aliphatic heterocycles. The van der Waals surface area contributed by atoms with Crippen molar-refractivity contribution < 1.29 is 33.7 Å². The van der Waals surface area contributed by atoms with E-state index in [1.165, 1.54) is 25.1 Å². The third-order valence-electron chi connectivity index (χ3n) is 5.80. The van der Waals surface area contributed by atoms with E-state index in [0.717, 1.165) is 5.57 Å². The Labute approximate surface area is 223 Å². The summed E-state index contributed by atoms with van der Waals surface area (Å²) in [5.41, 5.74) is 2.57. The van der Waals surface area contributed by atoms with Crippen LogP contribution in [0.4, 0.5) is 5.69 Å². The summed E-state index contributed by atoms with van der Waals surface area (Å²) in [6.07, 6.45) is 2.55. The first-order valence-electron chi connectivity index (χ1n) is 12.1. The van der Waals surface area contributed by atoms with Crippen LogP contribution >= 0.6 is 0 Å². The average Bonchev–Trinajstić information content (AvgIpc) is 3.06. The number of carbonyl (C=O) groups excluding carboxylic acids is 2. The molecule has 1 aliphatic rings. The number of allylic oxidation sites excluding steroid dienone is 1. The summed E-state index contributed by atoms with van der Waals surface area (Å²) in [6.45, 7) is 5.56. The van der Waals surface area contributed by atoms with Crippen LogP contribution in [0.2, 0.25) is 0 Å². The van der Waals surface area contributed by atoms with Crippen LogP contribution in [0.5, 0.6) is 23.0 Å². The fourth-order valence-electron chi connectivity index (χ4n) is 3.91. The molecule has 0 aliphatic carbocycles. The Morgan fingerprint density at radius 2 is 1.72 bits per heavy atom. The fraction of sp³-hybridized carbons (Fsp3) is 0.167. The van der Waals surface area contributed by atoms with Crippen LogP contribution in [0.3, 0.4) is 0 Å². The van der Waals surface area contributed by atoms with Crippen LogP contribution in [0.15, 0.2) is 81.5 Å². The molecule has 0 unspecified atom stereocenters. The van der Waals surface area contributed by atoms with E-state index in [1.54, 1.807) is 49.4 Å². The second-order valence-electron chi connectivity index (χ2n) is 8.95. The number of para-hydroxylation sites is 1. The van der Waals surface area contributed by atoms with Gasteiger partial charge in [0.15, 0.2) is 5.43 Å². The van der Waals surface area contributed by atoms with Crippen molar-refractivity contribution in [1.82, 2.24) is 0 Å². The van der Waals surface area contributed by atoms with Gasteiger partial charge in [0, 0.05) is 30.3 Å². The number of carbonyl (C=O) groups is 2. The number of anilines is 1. The van der Waals surface area contributed by atoms with Gasteiger partial charge in [0.1, 0.15) is 51.9 Å². The Morgan fingerprint density at radius 3 is 2.41 bits per heavy atom. The van der Waals surface area contributed by atoms with Crippen LogP contribution in [-0.4, -0.2) is 28.7 Å². The number of aromatic hydroxyl groups is 2. The molecule has 2 heterocycles. The van der Waals surface area contributed by atoms with Gasteiger partial charge >= 0.3 is 5.97 Å². The lowest BCUT2D eigenvalue weighted by Gasteiger charge is -2.11. The summed E-state index contributed by atoms with van der Waals surface area (Å²) in [5, 5.41) is 22.7. The van der Waals surface area contributed by atoms with Crippen molar-refractivity contribution in [3.63, 3.8) is 0 Å². The van der Waals surface area contributed by atoms with Crippen molar-refractivity contribution in [2.75, 3.05) is 11.9 Å². The van der Waals surface area contributed by atoms with Gasteiger partial charge in [-0.15, -0.1) is 0 Å². The molecule has 3 N–H and O–H groups in total. The smallest absolute Gasteiger partial charge is 0.347 e. The molecule has 9 nitrogen and oxygen atoms in total. The zero-order chi connectivity index (χ0) is 28.1. The van der Waals surface area contributed by atoms with E-state index in [2.05, 4.69) is 5.32 Å². The quantitative estimate of drug-likeness (QED) is 0.186. The Morgan fingerprint density at radius 1 is 1.00 bits per heavy atom. The minimum atomic E-state index is -0.643. The number of nitrogens with one attached hydrogen (secondary N) is 1. The summed E-state index contributed by atoms with van der Waals surface area (Å²) in [4.78, 5) is 34.7. The van der Waals surface area contributed by atoms with Gasteiger partial charge in [0.2, 0.25) is 5.91 Å². The largest absolute Gasteiger partial charge is 0.507 e. The van der Waals surface area contributed by atoms with Gasteiger partial charge in [0.05, 0.1) is 0 Å². The highest BCUT2D eigenvalue weighted by Gasteiger charge is 2.19. The zero-order valence-corrected chi connectivity index (χ0v) is 21.6. The van der Waals surface area contributed by atoms with Crippen molar-refractivity contribution in [1.29, 1.82) is 0 Å². The van der Waals surface area contributed by atoms with Crippen LogP contribution in [0.25, 0.3) is 11.0 Å². The van der Waals surface area contributed by atoms with E-state index < -0.39 is 5.97 Å². The van der Waals surface area contributed by atoms with E-state index in [0.29, 0.717) is 47.1 Å². The summed E-state index contributed by atoms with van der Waals surface area (Å²) in [6, 6.07) is 15.6. The Bertz CT molecular complexity index is 1630. The first-order valence-corrected chi connectivity index (χ1v) is 12.1. The number of ether oxygens (including phenoxy) is 2. The van der Waals surface area contributed by atoms with Crippen molar-refractivity contribution in [2.45, 2.75) is 27.2 Å². The Kier molecular flexibility index (Phi) is 8.00. The predicted molar refractivity (Wildman–Crippen MR) is 146 cm³/mol. The van der Waals surface area contributed by atoms with Gasteiger partial charge in [-0.3, -0.25) is 9.59 Å². The molecular formula is C30H27NO8. The highest BCUT2D eigenvalue weighted by molar-refractivity contribution is 5.94. The van der Waals surface area contributed by atoms with Crippen LogP contribution in [0, 0.1) is 6.92 Å². The van der Waals surface area contributed by atoms with Crippen LogP contribution in [-0.2, 0) is 11.2 Å². The van der Waals surface area contributed by atoms with Gasteiger partial charge < -0.3 is 29.4 Å². The molecule has 1 amide bonds. The highest BCUT2D eigenvalue weighted by atomic mass is 16.5. The number of benzene rings is 3. The van der Waals surface area contributed by atoms with Gasteiger partial charge in [-0.2, -0.15) is 0 Å². The lowest BCUT2D eigenvalue weighted by molar-refractivity contribution is -0.114. The average molecular weight is 530 g/mol. The third-order valence-corrected chi connectivity index (χ3v) is 5.80. The number of hydrogen-bond donors (Lipinski definition) is 3. The first kappa shape index (κ1) is 27.0. The molecule has 0 atom stereocenters.